The predicted octanol–water partition coefficient (Wildman–Crippen LogP) is 0.674. The Bertz CT molecular complexity index is 753. The van der Waals surface area contributed by atoms with Crippen molar-refractivity contribution in [3.63, 3.8) is 0 Å². The van der Waals surface area contributed by atoms with Crippen LogP contribution in [-0.4, -0.2) is 53.0 Å². The van der Waals surface area contributed by atoms with E-state index in [9.17, 15) is 19.8 Å². The van der Waals surface area contributed by atoms with E-state index in [0.717, 1.165) is 5.56 Å². The van der Waals surface area contributed by atoms with Gasteiger partial charge in [-0.1, -0.05) is 36.4 Å². The standard InChI is InChI=1S/C19H22N2O5S/c22-16(20-10-12-5-2-1-3-6-12)9-13-17(23)18(24)14(26-13)11-21-19(25)15-7-4-8-27-15/h1-8,13-14,17-18,23-24H,9-11H2,(H,20,22)(H,21,25). The molecule has 1 fully saturated rings. The zero-order valence-corrected chi connectivity index (χ0v) is 15.4. The normalized spacial score (nSPS) is 24.5. The zero-order valence-electron chi connectivity index (χ0n) is 14.6. The van der Waals surface area contributed by atoms with Gasteiger partial charge in [-0.15, -0.1) is 11.3 Å². The molecule has 4 unspecified atom stereocenters. The Labute approximate surface area is 161 Å². The Morgan fingerprint density at radius 2 is 1.74 bits per heavy atom. The van der Waals surface area contributed by atoms with Gasteiger partial charge in [0.15, 0.2) is 0 Å². The molecule has 2 amide bonds. The van der Waals surface area contributed by atoms with Crippen LogP contribution in [0.25, 0.3) is 0 Å². The van der Waals surface area contributed by atoms with Gasteiger partial charge in [0.2, 0.25) is 5.91 Å². The van der Waals surface area contributed by atoms with Gasteiger partial charge in [0.25, 0.3) is 5.91 Å². The van der Waals surface area contributed by atoms with Crippen molar-refractivity contribution in [3.05, 3.63) is 58.3 Å². The minimum atomic E-state index is -1.18. The van der Waals surface area contributed by atoms with Crippen LogP contribution in [0.2, 0.25) is 0 Å². The van der Waals surface area contributed by atoms with Crippen LogP contribution in [0, 0.1) is 0 Å². The van der Waals surface area contributed by atoms with Crippen molar-refractivity contribution in [3.8, 4) is 0 Å². The lowest BCUT2D eigenvalue weighted by molar-refractivity contribution is -0.125. The first kappa shape index (κ1) is 19.5. The molecule has 0 bridgehead atoms. The van der Waals surface area contributed by atoms with Gasteiger partial charge < -0.3 is 25.6 Å². The first-order valence-corrected chi connectivity index (χ1v) is 9.56. The largest absolute Gasteiger partial charge is 0.388 e. The van der Waals surface area contributed by atoms with E-state index in [1.165, 1.54) is 11.3 Å². The van der Waals surface area contributed by atoms with Crippen LogP contribution in [0.15, 0.2) is 47.8 Å². The molecule has 4 atom stereocenters. The summed E-state index contributed by atoms with van der Waals surface area (Å²) in [6.07, 6.45) is -4.01. The number of hydrogen-bond donors (Lipinski definition) is 4. The molecule has 2 aromatic rings. The van der Waals surface area contributed by atoms with Crippen molar-refractivity contribution in [1.29, 1.82) is 0 Å². The number of amides is 2. The number of thiophene rings is 1. The number of carbonyl (C=O) groups excluding carboxylic acids is 2. The number of benzene rings is 1. The lowest BCUT2D eigenvalue weighted by Gasteiger charge is -2.15. The average Bonchev–Trinajstić information content (AvgIpc) is 3.30. The number of aliphatic hydroxyl groups excluding tert-OH is 2. The van der Waals surface area contributed by atoms with Crippen molar-refractivity contribution in [1.82, 2.24) is 10.6 Å². The number of carbonyl (C=O) groups is 2. The fraction of sp³-hybridized carbons (Fsp3) is 0.368. The van der Waals surface area contributed by atoms with E-state index >= 15 is 0 Å². The molecule has 27 heavy (non-hydrogen) atoms. The highest BCUT2D eigenvalue weighted by Crippen LogP contribution is 2.23. The zero-order chi connectivity index (χ0) is 19.2. The summed E-state index contributed by atoms with van der Waals surface area (Å²) < 4.78 is 5.60. The average molecular weight is 390 g/mol. The highest BCUT2D eigenvalue weighted by Gasteiger charge is 2.43. The summed E-state index contributed by atoms with van der Waals surface area (Å²) in [4.78, 5) is 24.6. The lowest BCUT2D eigenvalue weighted by atomic mass is 10.1. The summed E-state index contributed by atoms with van der Waals surface area (Å²) in [5.41, 5.74) is 0.966. The minimum absolute atomic E-state index is 0.0527. The van der Waals surface area contributed by atoms with Gasteiger partial charge in [0.05, 0.1) is 17.4 Å². The fourth-order valence-electron chi connectivity index (χ4n) is 2.90. The number of nitrogens with one attached hydrogen (secondary N) is 2. The van der Waals surface area contributed by atoms with Gasteiger partial charge in [-0.05, 0) is 17.0 Å². The summed E-state index contributed by atoms with van der Waals surface area (Å²) in [7, 11) is 0. The molecule has 1 aromatic heterocycles. The Morgan fingerprint density at radius 3 is 2.44 bits per heavy atom. The second-order valence-electron chi connectivity index (χ2n) is 6.35. The van der Waals surface area contributed by atoms with E-state index in [2.05, 4.69) is 10.6 Å². The summed E-state index contributed by atoms with van der Waals surface area (Å²) in [5, 5.41) is 27.5. The smallest absolute Gasteiger partial charge is 0.261 e. The molecule has 8 heteroatoms. The Morgan fingerprint density at radius 1 is 1.00 bits per heavy atom. The molecule has 0 saturated carbocycles. The highest BCUT2D eigenvalue weighted by atomic mass is 32.1. The first-order valence-electron chi connectivity index (χ1n) is 8.68. The number of rotatable bonds is 7. The summed E-state index contributed by atoms with van der Waals surface area (Å²) in [6.45, 7) is 0.433. The molecule has 1 aromatic carbocycles. The second-order valence-corrected chi connectivity index (χ2v) is 7.30. The van der Waals surface area contributed by atoms with Gasteiger partial charge in [-0.25, -0.2) is 0 Å². The van der Waals surface area contributed by atoms with E-state index in [-0.39, 0.29) is 24.8 Å². The Hall–Kier alpha value is -2.26. The monoisotopic (exact) mass is 390 g/mol. The Kier molecular flexibility index (Phi) is 6.57. The molecular formula is C19H22N2O5S. The van der Waals surface area contributed by atoms with Gasteiger partial charge in [-0.2, -0.15) is 0 Å². The molecule has 1 aliphatic rings. The quantitative estimate of drug-likeness (QED) is 0.556. The van der Waals surface area contributed by atoms with E-state index in [1.807, 2.05) is 30.3 Å². The summed E-state index contributed by atoms with van der Waals surface area (Å²) >= 11 is 1.31. The predicted molar refractivity (Wildman–Crippen MR) is 100 cm³/mol. The summed E-state index contributed by atoms with van der Waals surface area (Å²) in [6, 6.07) is 12.9. The van der Waals surface area contributed by atoms with Crippen molar-refractivity contribution < 1.29 is 24.5 Å². The molecule has 2 heterocycles. The van der Waals surface area contributed by atoms with Crippen molar-refractivity contribution >= 4 is 23.2 Å². The molecule has 4 N–H and O–H groups in total. The third-order valence-electron chi connectivity index (χ3n) is 4.39. The molecule has 0 radical (unpaired) electrons. The second kappa shape index (κ2) is 9.09. The van der Waals surface area contributed by atoms with Crippen molar-refractivity contribution in [2.24, 2.45) is 0 Å². The maximum Gasteiger partial charge on any atom is 0.261 e. The molecule has 0 aliphatic carbocycles. The van der Waals surface area contributed by atoms with Gasteiger partial charge in [-0.3, -0.25) is 9.59 Å². The number of hydrogen-bond acceptors (Lipinski definition) is 6. The third kappa shape index (κ3) is 5.14. The van der Waals surface area contributed by atoms with Gasteiger partial charge >= 0.3 is 0 Å². The van der Waals surface area contributed by atoms with Crippen LogP contribution in [0.5, 0.6) is 0 Å². The summed E-state index contributed by atoms with van der Waals surface area (Å²) in [5.74, 6) is -0.544. The van der Waals surface area contributed by atoms with Crippen molar-refractivity contribution in [2.75, 3.05) is 6.54 Å². The highest BCUT2D eigenvalue weighted by molar-refractivity contribution is 7.12. The minimum Gasteiger partial charge on any atom is -0.388 e. The van der Waals surface area contributed by atoms with Crippen LogP contribution in [-0.2, 0) is 16.1 Å². The van der Waals surface area contributed by atoms with Gasteiger partial charge in [0.1, 0.15) is 18.3 Å². The Balaban J connectivity index is 1.46. The molecule has 1 saturated heterocycles. The van der Waals surface area contributed by atoms with E-state index in [1.54, 1.807) is 17.5 Å². The topological polar surface area (TPSA) is 108 Å². The molecular weight excluding hydrogens is 368 g/mol. The van der Waals surface area contributed by atoms with Crippen LogP contribution in [0.4, 0.5) is 0 Å². The van der Waals surface area contributed by atoms with Crippen LogP contribution in [0.3, 0.4) is 0 Å². The van der Waals surface area contributed by atoms with Crippen molar-refractivity contribution in [2.45, 2.75) is 37.4 Å². The van der Waals surface area contributed by atoms with E-state index < -0.39 is 24.4 Å². The maximum absolute atomic E-state index is 12.1. The fourth-order valence-corrected chi connectivity index (χ4v) is 3.54. The SMILES string of the molecule is O=C(CC1OC(CNC(=O)c2cccs2)C(O)C1O)NCc1ccccc1. The van der Waals surface area contributed by atoms with Crippen LogP contribution in [0.1, 0.15) is 21.7 Å². The first-order chi connectivity index (χ1) is 13.0. The van der Waals surface area contributed by atoms with E-state index in [0.29, 0.717) is 11.4 Å². The lowest BCUT2D eigenvalue weighted by Crippen LogP contribution is -2.40. The molecule has 1 aliphatic heterocycles. The van der Waals surface area contributed by atoms with Crippen LogP contribution >= 0.6 is 11.3 Å². The number of ether oxygens (including phenoxy) is 1. The molecule has 0 spiro atoms. The molecule has 3 rings (SSSR count). The molecule has 144 valence electrons. The van der Waals surface area contributed by atoms with Crippen LogP contribution < -0.4 is 10.6 Å². The molecule has 7 nitrogen and oxygen atoms in total. The number of aliphatic hydroxyl groups is 2. The van der Waals surface area contributed by atoms with Gasteiger partial charge in [0, 0.05) is 13.1 Å². The van der Waals surface area contributed by atoms with E-state index in [4.69, 9.17) is 4.74 Å². The maximum atomic E-state index is 12.1. The third-order valence-corrected chi connectivity index (χ3v) is 5.26.